The highest BCUT2D eigenvalue weighted by atomic mass is 19.1. The van der Waals surface area contributed by atoms with Gasteiger partial charge in [-0.1, -0.05) is 0 Å². The Kier molecular flexibility index (Phi) is 5.17. The number of likely N-dealkylation sites (tertiary alicyclic amines) is 1. The molecular formula is C16H21F2N3O2. The predicted octanol–water partition coefficient (Wildman–Crippen LogP) is 1.54. The molecule has 0 bridgehead atoms. The van der Waals surface area contributed by atoms with Gasteiger partial charge in [-0.05, 0) is 18.8 Å². The van der Waals surface area contributed by atoms with E-state index < -0.39 is 17.5 Å². The number of amides is 1. The van der Waals surface area contributed by atoms with Crippen LogP contribution in [-0.2, 0) is 4.74 Å². The molecule has 1 aromatic heterocycles. The van der Waals surface area contributed by atoms with Gasteiger partial charge in [-0.2, -0.15) is 0 Å². The van der Waals surface area contributed by atoms with Crippen molar-refractivity contribution >= 4 is 5.91 Å². The van der Waals surface area contributed by atoms with Gasteiger partial charge in [0.1, 0.15) is 5.82 Å². The van der Waals surface area contributed by atoms with Crippen LogP contribution in [0.3, 0.4) is 0 Å². The molecular weight excluding hydrogens is 304 g/mol. The minimum atomic E-state index is -0.898. The number of hydrogen-bond donors (Lipinski definition) is 0. The van der Waals surface area contributed by atoms with Crippen LogP contribution in [0.1, 0.15) is 23.3 Å². The number of piperidine rings is 1. The number of carbonyl (C=O) groups is 1. The molecule has 2 saturated heterocycles. The number of hydrogen-bond acceptors (Lipinski definition) is 4. The van der Waals surface area contributed by atoms with Gasteiger partial charge in [-0.15, -0.1) is 0 Å². The van der Waals surface area contributed by atoms with Crippen LogP contribution in [0.25, 0.3) is 0 Å². The normalized spacial score (nSPS) is 23.0. The lowest BCUT2D eigenvalue weighted by Crippen LogP contribution is -2.46. The number of nitrogens with zero attached hydrogens (tertiary/aromatic N) is 3. The number of aromatic nitrogens is 1. The summed E-state index contributed by atoms with van der Waals surface area (Å²) in [6, 6.07) is 0.704. The van der Waals surface area contributed by atoms with E-state index in [0.717, 1.165) is 51.9 Å². The molecule has 1 atom stereocenters. The Morgan fingerprint density at radius 1 is 1.30 bits per heavy atom. The monoisotopic (exact) mass is 325 g/mol. The fourth-order valence-electron chi connectivity index (χ4n) is 3.27. The first kappa shape index (κ1) is 16.3. The average Bonchev–Trinajstić information content (AvgIpc) is 2.55. The maximum absolute atomic E-state index is 13.8. The summed E-state index contributed by atoms with van der Waals surface area (Å²) in [6.45, 7) is 5.44. The second-order valence-corrected chi connectivity index (χ2v) is 6.16. The van der Waals surface area contributed by atoms with E-state index in [4.69, 9.17) is 4.74 Å². The van der Waals surface area contributed by atoms with Crippen molar-refractivity contribution in [1.82, 2.24) is 14.8 Å². The van der Waals surface area contributed by atoms with Crippen LogP contribution < -0.4 is 0 Å². The topological polar surface area (TPSA) is 45.7 Å². The fraction of sp³-hybridized carbons (Fsp3) is 0.625. The van der Waals surface area contributed by atoms with Crippen LogP contribution in [0.4, 0.5) is 8.78 Å². The second-order valence-electron chi connectivity index (χ2n) is 6.16. The van der Waals surface area contributed by atoms with Gasteiger partial charge >= 0.3 is 0 Å². The Balaban J connectivity index is 1.62. The summed E-state index contributed by atoms with van der Waals surface area (Å²) in [4.78, 5) is 20.0. The smallest absolute Gasteiger partial charge is 0.275 e. The lowest BCUT2D eigenvalue weighted by atomic mass is 9.97. The molecule has 1 aromatic rings. The zero-order chi connectivity index (χ0) is 16.2. The highest BCUT2D eigenvalue weighted by Crippen LogP contribution is 2.20. The van der Waals surface area contributed by atoms with Crippen LogP contribution in [0.2, 0.25) is 0 Å². The Hall–Kier alpha value is -1.60. The molecule has 126 valence electrons. The maximum atomic E-state index is 13.8. The van der Waals surface area contributed by atoms with Crippen LogP contribution in [0.15, 0.2) is 12.3 Å². The van der Waals surface area contributed by atoms with E-state index in [9.17, 15) is 13.6 Å². The molecule has 23 heavy (non-hydrogen) atoms. The van der Waals surface area contributed by atoms with Gasteiger partial charge in [0.25, 0.3) is 5.91 Å². The summed E-state index contributed by atoms with van der Waals surface area (Å²) in [5, 5.41) is 0. The number of pyridine rings is 1. The number of morpholine rings is 1. The molecule has 3 heterocycles. The van der Waals surface area contributed by atoms with Crippen molar-refractivity contribution in [2.24, 2.45) is 5.92 Å². The van der Waals surface area contributed by atoms with Crippen LogP contribution in [-0.4, -0.2) is 66.6 Å². The van der Waals surface area contributed by atoms with Crippen molar-refractivity contribution < 1.29 is 18.3 Å². The molecule has 0 aromatic carbocycles. The van der Waals surface area contributed by atoms with Crippen molar-refractivity contribution in [3.8, 4) is 0 Å². The van der Waals surface area contributed by atoms with Crippen LogP contribution in [0, 0.1) is 17.6 Å². The number of halogens is 2. The second kappa shape index (κ2) is 7.31. The highest BCUT2D eigenvalue weighted by molar-refractivity contribution is 5.92. The summed E-state index contributed by atoms with van der Waals surface area (Å²) >= 11 is 0. The van der Waals surface area contributed by atoms with Crippen molar-refractivity contribution in [2.45, 2.75) is 12.8 Å². The summed E-state index contributed by atoms with van der Waals surface area (Å²) in [5.41, 5.74) is -0.293. The van der Waals surface area contributed by atoms with E-state index in [1.807, 2.05) is 0 Å². The summed E-state index contributed by atoms with van der Waals surface area (Å²) in [5.74, 6) is -1.75. The van der Waals surface area contributed by atoms with E-state index >= 15 is 0 Å². The molecule has 2 aliphatic rings. The van der Waals surface area contributed by atoms with Crippen LogP contribution >= 0.6 is 0 Å². The van der Waals surface area contributed by atoms with Crippen molar-refractivity contribution in [1.29, 1.82) is 0 Å². The number of carbonyl (C=O) groups excluding carboxylic acids is 1. The maximum Gasteiger partial charge on any atom is 0.275 e. The summed E-state index contributed by atoms with van der Waals surface area (Å²) < 4.78 is 32.0. The van der Waals surface area contributed by atoms with Gasteiger partial charge in [0.15, 0.2) is 11.5 Å². The Morgan fingerprint density at radius 3 is 2.83 bits per heavy atom. The summed E-state index contributed by atoms with van der Waals surface area (Å²) in [7, 11) is 0. The molecule has 1 unspecified atom stereocenters. The standard InChI is InChI=1S/C16H21F2N3O2/c17-13-8-14(18)15(19-9-13)16(22)21-3-1-2-12(11-21)10-20-4-6-23-7-5-20/h8-9,12H,1-7,10-11H2. The third-order valence-electron chi connectivity index (χ3n) is 4.44. The van der Waals surface area contributed by atoms with Gasteiger partial charge < -0.3 is 9.64 Å². The van der Waals surface area contributed by atoms with Crippen molar-refractivity contribution in [3.63, 3.8) is 0 Å². The first-order chi connectivity index (χ1) is 11.1. The van der Waals surface area contributed by atoms with Crippen LogP contribution in [0.5, 0.6) is 0 Å². The van der Waals surface area contributed by atoms with E-state index in [1.54, 1.807) is 4.90 Å². The molecule has 7 heteroatoms. The third-order valence-corrected chi connectivity index (χ3v) is 4.44. The average molecular weight is 325 g/mol. The SMILES string of the molecule is O=C(c1ncc(F)cc1F)N1CCCC(CN2CCOCC2)C1. The minimum Gasteiger partial charge on any atom is -0.379 e. The first-order valence-electron chi connectivity index (χ1n) is 8.04. The zero-order valence-corrected chi connectivity index (χ0v) is 13.0. The predicted molar refractivity (Wildman–Crippen MR) is 80.0 cm³/mol. The van der Waals surface area contributed by atoms with E-state index in [2.05, 4.69) is 9.88 Å². The van der Waals surface area contributed by atoms with Gasteiger partial charge in [-0.25, -0.2) is 13.8 Å². The fourth-order valence-corrected chi connectivity index (χ4v) is 3.27. The Morgan fingerprint density at radius 2 is 2.09 bits per heavy atom. The molecule has 0 spiro atoms. The molecule has 1 amide bonds. The Bertz CT molecular complexity index is 564. The van der Waals surface area contributed by atoms with E-state index in [1.165, 1.54) is 0 Å². The Labute approximate surface area is 134 Å². The molecule has 0 radical (unpaired) electrons. The number of ether oxygens (including phenoxy) is 1. The van der Waals surface area contributed by atoms with Gasteiger partial charge in [0.05, 0.1) is 19.4 Å². The van der Waals surface area contributed by atoms with E-state index in [0.29, 0.717) is 25.1 Å². The van der Waals surface area contributed by atoms with Gasteiger partial charge in [-0.3, -0.25) is 9.69 Å². The molecule has 2 aliphatic heterocycles. The third kappa shape index (κ3) is 4.03. The molecule has 5 nitrogen and oxygen atoms in total. The quantitative estimate of drug-likeness (QED) is 0.846. The van der Waals surface area contributed by atoms with Gasteiger partial charge in [0.2, 0.25) is 0 Å². The molecule has 3 rings (SSSR count). The van der Waals surface area contributed by atoms with Crippen molar-refractivity contribution in [3.05, 3.63) is 29.6 Å². The van der Waals surface area contributed by atoms with Gasteiger partial charge in [0, 0.05) is 38.8 Å². The molecule has 0 N–H and O–H groups in total. The summed E-state index contributed by atoms with van der Waals surface area (Å²) in [6.07, 6.45) is 2.83. The first-order valence-corrected chi connectivity index (χ1v) is 8.04. The molecule has 2 fully saturated rings. The largest absolute Gasteiger partial charge is 0.379 e. The highest BCUT2D eigenvalue weighted by Gasteiger charge is 2.28. The number of rotatable bonds is 3. The van der Waals surface area contributed by atoms with E-state index in [-0.39, 0.29) is 5.69 Å². The minimum absolute atomic E-state index is 0.293. The molecule has 0 aliphatic carbocycles. The zero-order valence-electron chi connectivity index (χ0n) is 13.0. The lowest BCUT2D eigenvalue weighted by Gasteiger charge is -2.36. The van der Waals surface area contributed by atoms with Crippen molar-refractivity contribution in [2.75, 3.05) is 45.9 Å². The lowest BCUT2D eigenvalue weighted by molar-refractivity contribution is 0.0222. The molecule has 0 saturated carbocycles.